The summed E-state index contributed by atoms with van der Waals surface area (Å²) in [7, 11) is 0. The fourth-order valence-corrected chi connectivity index (χ4v) is 3.35. The van der Waals surface area contributed by atoms with Gasteiger partial charge in [-0.2, -0.15) is 0 Å². The van der Waals surface area contributed by atoms with Gasteiger partial charge < -0.3 is 19.5 Å². The molecule has 1 aliphatic heterocycles. The van der Waals surface area contributed by atoms with E-state index in [0.29, 0.717) is 12.0 Å². The van der Waals surface area contributed by atoms with Crippen molar-refractivity contribution in [2.45, 2.75) is 78.6 Å². The van der Waals surface area contributed by atoms with Crippen LogP contribution in [0.25, 0.3) is 0 Å². The first-order valence-corrected chi connectivity index (χ1v) is 9.64. The number of likely N-dealkylation sites (tertiary alicyclic amines) is 1. The maximum absolute atomic E-state index is 12.3. The Balaban J connectivity index is 1.82. The van der Waals surface area contributed by atoms with E-state index < -0.39 is 5.60 Å². The number of carbonyl (C=O) groups is 1. The normalized spacial score (nSPS) is 19.7. The second-order valence-corrected chi connectivity index (χ2v) is 8.26. The predicted octanol–water partition coefficient (Wildman–Crippen LogP) is 4.02. The Labute approximate surface area is 152 Å². The number of aryl methyl sites for hydroxylation is 1. The Morgan fingerprint density at radius 1 is 1.44 bits per heavy atom. The first-order chi connectivity index (χ1) is 11.8. The molecule has 0 aliphatic carbocycles. The van der Waals surface area contributed by atoms with Crippen LogP contribution in [0.4, 0.5) is 4.79 Å². The molecule has 1 amide bonds. The molecule has 1 saturated heterocycles. The lowest BCUT2D eigenvalue weighted by atomic mass is 9.91. The molecule has 0 spiro atoms. The number of aromatic nitrogens is 1. The van der Waals surface area contributed by atoms with Crippen molar-refractivity contribution in [2.24, 2.45) is 5.92 Å². The van der Waals surface area contributed by atoms with Gasteiger partial charge in [0.25, 0.3) is 0 Å². The summed E-state index contributed by atoms with van der Waals surface area (Å²) in [5, 5.41) is 3.64. The summed E-state index contributed by atoms with van der Waals surface area (Å²) in [6.45, 7) is 13.7. The van der Waals surface area contributed by atoms with E-state index in [1.165, 1.54) is 5.56 Å². The smallest absolute Gasteiger partial charge is 0.410 e. The van der Waals surface area contributed by atoms with Gasteiger partial charge in [-0.1, -0.05) is 6.92 Å². The monoisotopic (exact) mass is 349 g/mol. The number of hydrogen-bond donors (Lipinski definition) is 1. The number of ether oxygens (including phenoxy) is 1. The standard InChI is InChI=1S/C20H35N3O2/c1-6-10-22-12-9-17(14-22)13-21-16(2)18-8-7-11-23(15-18)19(24)25-20(3,4)5/h9,12,14,16,18,21H,6-8,10-11,13,15H2,1-5H3. The molecule has 5 nitrogen and oxygen atoms in total. The molecule has 0 aromatic carbocycles. The molecule has 2 heterocycles. The Bertz CT molecular complexity index is 547. The summed E-state index contributed by atoms with van der Waals surface area (Å²) in [5.74, 6) is 0.471. The Morgan fingerprint density at radius 2 is 2.20 bits per heavy atom. The van der Waals surface area contributed by atoms with Gasteiger partial charge in [0.05, 0.1) is 0 Å². The number of amides is 1. The molecule has 0 saturated carbocycles. The van der Waals surface area contributed by atoms with E-state index in [0.717, 1.165) is 45.4 Å². The molecular formula is C20H35N3O2. The molecule has 1 N–H and O–H groups in total. The molecule has 2 rings (SSSR count). The Morgan fingerprint density at radius 3 is 2.88 bits per heavy atom. The third kappa shape index (κ3) is 6.38. The van der Waals surface area contributed by atoms with Crippen LogP contribution in [0.1, 0.15) is 59.4 Å². The molecule has 5 heteroatoms. The lowest BCUT2D eigenvalue weighted by Gasteiger charge is -2.36. The van der Waals surface area contributed by atoms with Crippen molar-refractivity contribution in [3.05, 3.63) is 24.0 Å². The van der Waals surface area contributed by atoms with Crippen molar-refractivity contribution < 1.29 is 9.53 Å². The maximum atomic E-state index is 12.3. The van der Waals surface area contributed by atoms with Crippen LogP contribution in [0.5, 0.6) is 0 Å². The highest BCUT2D eigenvalue weighted by Gasteiger charge is 2.29. The summed E-state index contributed by atoms with van der Waals surface area (Å²) in [4.78, 5) is 14.2. The first kappa shape index (κ1) is 19.8. The average Bonchev–Trinajstić information content (AvgIpc) is 2.99. The molecule has 1 aliphatic rings. The summed E-state index contributed by atoms with van der Waals surface area (Å²) >= 11 is 0. The van der Waals surface area contributed by atoms with Crippen LogP contribution in [0, 0.1) is 5.92 Å². The van der Waals surface area contributed by atoms with Gasteiger partial charge in [0.15, 0.2) is 0 Å². The van der Waals surface area contributed by atoms with Crippen LogP contribution in [0.2, 0.25) is 0 Å². The molecule has 142 valence electrons. The van der Waals surface area contributed by atoms with Gasteiger partial charge in [-0.3, -0.25) is 0 Å². The quantitative estimate of drug-likeness (QED) is 0.843. The molecule has 0 bridgehead atoms. The highest BCUT2D eigenvalue weighted by molar-refractivity contribution is 5.68. The van der Waals surface area contributed by atoms with E-state index in [4.69, 9.17) is 4.74 Å². The molecule has 2 unspecified atom stereocenters. The molecule has 25 heavy (non-hydrogen) atoms. The topological polar surface area (TPSA) is 46.5 Å². The van der Waals surface area contributed by atoms with Gasteiger partial charge in [0.1, 0.15) is 5.60 Å². The van der Waals surface area contributed by atoms with Gasteiger partial charge in [-0.05, 0) is 64.5 Å². The minimum atomic E-state index is -0.431. The number of hydrogen-bond acceptors (Lipinski definition) is 3. The van der Waals surface area contributed by atoms with Gasteiger partial charge >= 0.3 is 6.09 Å². The molecule has 1 aromatic rings. The van der Waals surface area contributed by atoms with Crippen LogP contribution in [-0.2, 0) is 17.8 Å². The fourth-order valence-electron chi connectivity index (χ4n) is 3.35. The van der Waals surface area contributed by atoms with Crippen LogP contribution in [0.15, 0.2) is 18.5 Å². The van der Waals surface area contributed by atoms with Gasteiger partial charge in [-0.15, -0.1) is 0 Å². The largest absolute Gasteiger partial charge is 0.444 e. The maximum Gasteiger partial charge on any atom is 0.410 e. The van der Waals surface area contributed by atoms with E-state index in [-0.39, 0.29) is 6.09 Å². The molecular weight excluding hydrogens is 314 g/mol. The van der Waals surface area contributed by atoms with Crippen LogP contribution < -0.4 is 5.32 Å². The summed E-state index contributed by atoms with van der Waals surface area (Å²) < 4.78 is 7.77. The van der Waals surface area contributed by atoms with E-state index in [1.54, 1.807) is 0 Å². The fraction of sp³-hybridized carbons (Fsp3) is 0.750. The van der Waals surface area contributed by atoms with Crippen molar-refractivity contribution in [3.8, 4) is 0 Å². The SMILES string of the molecule is CCCn1ccc(CNC(C)C2CCCN(C(=O)OC(C)(C)C)C2)c1. The molecule has 1 aromatic heterocycles. The third-order valence-electron chi connectivity index (χ3n) is 4.74. The number of rotatable bonds is 6. The zero-order valence-electron chi connectivity index (χ0n) is 16.5. The van der Waals surface area contributed by atoms with Crippen molar-refractivity contribution >= 4 is 6.09 Å². The van der Waals surface area contributed by atoms with E-state index in [1.807, 2.05) is 25.7 Å². The van der Waals surface area contributed by atoms with E-state index >= 15 is 0 Å². The number of nitrogens with zero attached hydrogens (tertiary/aromatic N) is 2. The van der Waals surface area contributed by atoms with Gasteiger partial charge in [-0.25, -0.2) is 4.79 Å². The predicted molar refractivity (Wildman–Crippen MR) is 102 cm³/mol. The summed E-state index contributed by atoms with van der Waals surface area (Å²) in [6.07, 6.45) is 7.54. The number of carbonyl (C=O) groups excluding carboxylic acids is 1. The van der Waals surface area contributed by atoms with Crippen molar-refractivity contribution in [3.63, 3.8) is 0 Å². The van der Waals surface area contributed by atoms with E-state index in [9.17, 15) is 4.79 Å². The lowest BCUT2D eigenvalue weighted by Crippen LogP contribution is -2.47. The zero-order valence-corrected chi connectivity index (χ0v) is 16.5. The number of piperidine rings is 1. The van der Waals surface area contributed by atoms with Crippen molar-refractivity contribution in [1.82, 2.24) is 14.8 Å². The Hall–Kier alpha value is -1.49. The summed E-state index contributed by atoms with van der Waals surface area (Å²) in [6, 6.07) is 2.56. The highest BCUT2D eigenvalue weighted by atomic mass is 16.6. The zero-order chi connectivity index (χ0) is 18.4. The summed E-state index contributed by atoms with van der Waals surface area (Å²) in [5.41, 5.74) is 0.889. The Kier molecular flexibility index (Phi) is 6.94. The van der Waals surface area contributed by atoms with Crippen LogP contribution >= 0.6 is 0 Å². The number of nitrogens with one attached hydrogen (secondary N) is 1. The highest BCUT2D eigenvalue weighted by Crippen LogP contribution is 2.22. The minimum absolute atomic E-state index is 0.180. The van der Waals surface area contributed by atoms with Crippen LogP contribution in [0.3, 0.4) is 0 Å². The third-order valence-corrected chi connectivity index (χ3v) is 4.74. The molecule has 0 radical (unpaired) electrons. The minimum Gasteiger partial charge on any atom is -0.444 e. The molecule has 2 atom stereocenters. The van der Waals surface area contributed by atoms with Crippen molar-refractivity contribution in [2.75, 3.05) is 13.1 Å². The van der Waals surface area contributed by atoms with E-state index in [2.05, 4.69) is 42.2 Å². The second-order valence-electron chi connectivity index (χ2n) is 8.26. The van der Waals surface area contributed by atoms with Gasteiger partial charge in [0, 0.05) is 44.6 Å². The van der Waals surface area contributed by atoms with Gasteiger partial charge in [0.2, 0.25) is 0 Å². The molecule has 1 fully saturated rings. The lowest BCUT2D eigenvalue weighted by molar-refractivity contribution is 0.0148. The van der Waals surface area contributed by atoms with Crippen LogP contribution in [-0.4, -0.2) is 40.3 Å². The van der Waals surface area contributed by atoms with Crippen molar-refractivity contribution in [1.29, 1.82) is 0 Å². The second kappa shape index (κ2) is 8.75. The average molecular weight is 350 g/mol. The first-order valence-electron chi connectivity index (χ1n) is 9.64.